The number of likely N-dealkylation sites (tertiary alicyclic amines) is 1. The third kappa shape index (κ3) is 4.65. The predicted octanol–water partition coefficient (Wildman–Crippen LogP) is 2.53. The monoisotopic (exact) mass is 237 g/mol. The first-order valence-corrected chi connectivity index (χ1v) is 6.84. The Morgan fingerprint density at radius 3 is 2.29 bits per heavy atom. The van der Waals surface area contributed by atoms with Gasteiger partial charge >= 0.3 is 0 Å². The van der Waals surface area contributed by atoms with Crippen LogP contribution in [0.2, 0.25) is 0 Å². The van der Waals surface area contributed by atoms with Crippen LogP contribution in [0.3, 0.4) is 0 Å². The summed E-state index contributed by atoms with van der Waals surface area (Å²) < 4.78 is 0. The Morgan fingerprint density at radius 1 is 1.29 bits per heavy atom. The van der Waals surface area contributed by atoms with Crippen molar-refractivity contribution >= 4 is 0 Å². The maximum atomic E-state index is 9.44. The molecule has 17 heavy (non-hydrogen) atoms. The highest BCUT2D eigenvalue weighted by molar-refractivity contribution is 5.11. The number of hydrogen-bond donors (Lipinski definition) is 1. The first kappa shape index (κ1) is 14.5. The average molecular weight is 237 g/mol. The van der Waals surface area contributed by atoms with Crippen LogP contribution < -0.4 is 5.32 Å². The maximum absolute atomic E-state index is 9.44. The number of piperidine rings is 1. The van der Waals surface area contributed by atoms with Gasteiger partial charge in [0.05, 0.1) is 6.07 Å². The zero-order valence-corrected chi connectivity index (χ0v) is 11.8. The van der Waals surface area contributed by atoms with Crippen LogP contribution in [-0.4, -0.2) is 35.6 Å². The third-order valence-corrected chi connectivity index (χ3v) is 3.37. The Hall–Kier alpha value is -0.590. The summed E-state index contributed by atoms with van der Waals surface area (Å²) in [6, 6.07) is 2.51. The molecule has 0 aliphatic carbocycles. The van der Waals surface area contributed by atoms with Crippen LogP contribution in [0.15, 0.2) is 0 Å². The Morgan fingerprint density at radius 2 is 1.88 bits per heavy atom. The van der Waals surface area contributed by atoms with E-state index in [2.05, 4.69) is 44.0 Å². The molecule has 1 rings (SSSR count). The van der Waals surface area contributed by atoms with Gasteiger partial charge in [-0.25, -0.2) is 0 Å². The molecule has 0 aromatic carbocycles. The second-order valence-corrected chi connectivity index (χ2v) is 6.26. The average Bonchev–Trinajstić information content (AvgIpc) is 2.26. The molecule has 0 radical (unpaired) electrons. The highest BCUT2D eigenvalue weighted by Crippen LogP contribution is 2.24. The van der Waals surface area contributed by atoms with Crippen molar-refractivity contribution in [1.29, 1.82) is 5.26 Å². The Balaban J connectivity index is 2.49. The van der Waals surface area contributed by atoms with E-state index in [0.717, 1.165) is 25.9 Å². The molecule has 0 atom stereocenters. The summed E-state index contributed by atoms with van der Waals surface area (Å²) in [4.78, 5) is 2.49. The minimum Gasteiger partial charge on any atom is -0.303 e. The summed E-state index contributed by atoms with van der Waals surface area (Å²) >= 11 is 0. The van der Waals surface area contributed by atoms with Crippen molar-refractivity contribution in [3.05, 3.63) is 0 Å². The zero-order valence-electron chi connectivity index (χ0n) is 11.8. The van der Waals surface area contributed by atoms with Gasteiger partial charge in [-0.2, -0.15) is 5.26 Å². The summed E-state index contributed by atoms with van der Waals surface area (Å²) in [7, 11) is 0. The number of nitrogens with zero attached hydrogens (tertiary/aromatic N) is 2. The molecular formula is C14H27N3. The molecule has 0 aromatic rings. The van der Waals surface area contributed by atoms with Crippen molar-refractivity contribution in [3.63, 3.8) is 0 Å². The fourth-order valence-corrected chi connectivity index (χ4v) is 2.52. The molecule has 0 saturated carbocycles. The number of unbranched alkanes of at least 4 members (excludes halogenated alkanes) is 1. The van der Waals surface area contributed by atoms with Crippen LogP contribution in [-0.2, 0) is 0 Å². The van der Waals surface area contributed by atoms with E-state index >= 15 is 0 Å². The van der Waals surface area contributed by atoms with Gasteiger partial charge in [0.15, 0.2) is 0 Å². The van der Waals surface area contributed by atoms with E-state index in [1.165, 1.54) is 19.4 Å². The molecule has 0 aromatic heterocycles. The minimum atomic E-state index is -0.305. The first-order valence-electron chi connectivity index (χ1n) is 6.84. The standard InChI is InChI=1S/C14H27N3/c1-5-6-9-17-10-7-14(12-15,8-11-17)16-13(2,3)4/h16H,5-11H2,1-4H3. The van der Waals surface area contributed by atoms with Crippen LogP contribution in [0.5, 0.6) is 0 Å². The number of hydrogen-bond acceptors (Lipinski definition) is 3. The molecule has 0 amide bonds. The van der Waals surface area contributed by atoms with Crippen molar-refractivity contribution in [2.75, 3.05) is 19.6 Å². The molecule has 1 fully saturated rings. The number of nitriles is 1. The van der Waals surface area contributed by atoms with Gasteiger partial charge in [0, 0.05) is 18.6 Å². The lowest BCUT2D eigenvalue weighted by atomic mass is 9.86. The first-order chi connectivity index (χ1) is 7.91. The summed E-state index contributed by atoms with van der Waals surface area (Å²) in [5.74, 6) is 0. The van der Waals surface area contributed by atoms with Gasteiger partial charge < -0.3 is 4.90 Å². The summed E-state index contributed by atoms with van der Waals surface area (Å²) in [5.41, 5.74) is -0.289. The summed E-state index contributed by atoms with van der Waals surface area (Å²) in [5, 5.41) is 12.9. The Bertz CT molecular complexity index is 264. The van der Waals surface area contributed by atoms with Gasteiger partial charge in [0.2, 0.25) is 0 Å². The molecule has 3 heteroatoms. The lowest BCUT2D eigenvalue weighted by Crippen LogP contribution is -2.58. The van der Waals surface area contributed by atoms with E-state index in [0.29, 0.717) is 0 Å². The lowest BCUT2D eigenvalue weighted by Gasteiger charge is -2.41. The number of rotatable bonds is 4. The van der Waals surface area contributed by atoms with Gasteiger partial charge in [-0.15, -0.1) is 0 Å². The predicted molar refractivity (Wildman–Crippen MR) is 71.8 cm³/mol. The highest BCUT2D eigenvalue weighted by Gasteiger charge is 2.37. The fraction of sp³-hybridized carbons (Fsp3) is 0.929. The van der Waals surface area contributed by atoms with Gasteiger partial charge in [-0.05, 0) is 46.6 Å². The van der Waals surface area contributed by atoms with E-state index in [-0.39, 0.29) is 11.1 Å². The Kier molecular flexibility index (Phi) is 4.97. The third-order valence-electron chi connectivity index (χ3n) is 3.37. The molecule has 0 bridgehead atoms. The second-order valence-electron chi connectivity index (χ2n) is 6.26. The molecule has 0 unspecified atom stereocenters. The van der Waals surface area contributed by atoms with E-state index in [1.807, 2.05) is 0 Å². The molecule has 1 heterocycles. The molecule has 1 aliphatic heterocycles. The van der Waals surface area contributed by atoms with E-state index in [1.54, 1.807) is 0 Å². The van der Waals surface area contributed by atoms with Crippen LogP contribution in [0, 0.1) is 11.3 Å². The Labute approximate surface area is 106 Å². The maximum Gasteiger partial charge on any atom is 0.109 e. The van der Waals surface area contributed by atoms with Crippen molar-refractivity contribution in [2.45, 2.75) is 64.5 Å². The van der Waals surface area contributed by atoms with E-state index < -0.39 is 0 Å². The van der Waals surface area contributed by atoms with Gasteiger partial charge in [0.1, 0.15) is 5.54 Å². The fourth-order valence-electron chi connectivity index (χ4n) is 2.52. The molecule has 1 aliphatic rings. The topological polar surface area (TPSA) is 39.1 Å². The van der Waals surface area contributed by atoms with Crippen LogP contribution in [0.25, 0.3) is 0 Å². The molecular weight excluding hydrogens is 210 g/mol. The minimum absolute atomic E-state index is 0.0152. The SMILES string of the molecule is CCCCN1CCC(C#N)(NC(C)(C)C)CC1. The summed E-state index contributed by atoms with van der Waals surface area (Å²) in [6.07, 6.45) is 4.42. The molecule has 3 nitrogen and oxygen atoms in total. The quantitative estimate of drug-likeness (QED) is 0.816. The van der Waals surface area contributed by atoms with Crippen LogP contribution in [0.4, 0.5) is 0 Å². The van der Waals surface area contributed by atoms with Gasteiger partial charge in [-0.3, -0.25) is 5.32 Å². The van der Waals surface area contributed by atoms with Crippen LogP contribution >= 0.6 is 0 Å². The van der Waals surface area contributed by atoms with Crippen molar-refractivity contribution in [1.82, 2.24) is 10.2 Å². The molecule has 1 saturated heterocycles. The molecule has 1 N–H and O–H groups in total. The van der Waals surface area contributed by atoms with Crippen molar-refractivity contribution in [2.24, 2.45) is 0 Å². The zero-order chi connectivity index (χ0) is 12.9. The molecule has 98 valence electrons. The van der Waals surface area contributed by atoms with Crippen molar-refractivity contribution < 1.29 is 0 Å². The highest BCUT2D eigenvalue weighted by atomic mass is 15.2. The number of nitrogens with one attached hydrogen (secondary N) is 1. The van der Waals surface area contributed by atoms with Crippen LogP contribution in [0.1, 0.15) is 53.4 Å². The molecule has 0 spiro atoms. The van der Waals surface area contributed by atoms with Gasteiger partial charge in [0.25, 0.3) is 0 Å². The largest absolute Gasteiger partial charge is 0.303 e. The summed E-state index contributed by atoms with van der Waals surface area (Å²) in [6.45, 7) is 11.9. The van der Waals surface area contributed by atoms with E-state index in [4.69, 9.17) is 0 Å². The normalized spacial score (nSPS) is 21.1. The van der Waals surface area contributed by atoms with E-state index in [9.17, 15) is 5.26 Å². The smallest absolute Gasteiger partial charge is 0.109 e. The lowest BCUT2D eigenvalue weighted by molar-refractivity contribution is 0.145. The second kappa shape index (κ2) is 5.84. The van der Waals surface area contributed by atoms with Gasteiger partial charge in [-0.1, -0.05) is 13.3 Å². The van der Waals surface area contributed by atoms with Crippen molar-refractivity contribution in [3.8, 4) is 6.07 Å².